The molecule has 0 radical (unpaired) electrons. The van der Waals surface area contributed by atoms with Crippen molar-refractivity contribution in [2.24, 2.45) is 0 Å². The van der Waals surface area contributed by atoms with Gasteiger partial charge in [-0.3, -0.25) is 4.79 Å². The van der Waals surface area contributed by atoms with Crippen molar-refractivity contribution in [2.45, 2.75) is 20.5 Å². The first-order chi connectivity index (χ1) is 15.4. The number of halogens is 1. The van der Waals surface area contributed by atoms with Crippen LogP contribution in [-0.2, 0) is 6.61 Å². The fourth-order valence-corrected chi connectivity index (χ4v) is 3.70. The Hall–Kier alpha value is -3.80. The van der Waals surface area contributed by atoms with Gasteiger partial charge in [0.2, 0.25) is 11.2 Å². The third-order valence-corrected chi connectivity index (χ3v) is 5.26. The molecule has 0 saturated carbocycles. The van der Waals surface area contributed by atoms with E-state index >= 15 is 0 Å². The third-order valence-electron chi connectivity index (χ3n) is 5.26. The van der Waals surface area contributed by atoms with Crippen molar-refractivity contribution in [1.82, 2.24) is 0 Å². The lowest BCUT2D eigenvalue weighted by Gasteiger charge is -2.15. The monoisotopic (exact) mass is 434 g/mol. The maximum absolute atomic E-state index is 14.1. The lowest BCUT2D eigenvalue weighted by molar-refractivity contribution is 0.292. The summed E-state index contributed by atoms with van der Waals surface area (Å²) in [6.45, 7) is 3.68. The summed E-state index contributed by atoms with van der Waals surface area (Å²) in [4.78, 5) is 13.5. The molecule has 0 bridgehead atoms. The van der Waals surface area contributed by atoms with Crippen LogP contribution in [0.15, 0.2) is 63.8 Å². The maximum Gasteiger partial charge on any atom is 0.235 e. The minimum absolute atomic E-state index is 0.0120. The summed E-state index contributed by atoms with van der Waals surface area (Å²) in [5.74, 6) is 0.871. The van der Waals surface area contributed by atoms with E-state index in [2.05, 4.69) is 0 Å². The molecule has 1 heterocycles. The molecule has 0 aliphatic carbocycles. The van der Waals surface area contributed by atoms with E-state index in [1.54, 1.807) is 49.6 Å². The summed E-state index contributed by atoms with van der Waals surface area (Å²) >= 11 is 0. The lowest BCUT2D eigenvalue weighted by atomic mass is 10.0. The summed E-state index contributed by atoms with van der Waals surface area (Å²) in [5.41, 5.74) is 2.83. The Morgan fingerprint density at radius 1 is 0.938 bits per heavy atom. The van der Waals surface area contributed by atoms with Crippen LogP contribution in [0, 0.1) is 19.7 Å². The van der Waals surface area contributed by atoms with Crippen LogP contribution in [0.1, 0.15) is 16.7 Å². The second-order valence-electron chi connectivity index (χ2n) is 7.50. The second kappa shape index (κ2) is 8.75. The quantitative estimate of drug-likeness (QED) is 0.383. The van der Waals surface area contributed by atoms with Gasteiger partial charge in [0.15, 0.2) is 17.3 Å². The van der Waals surface area contributed by atoms with Crippen molar-refractivity contribution in [3.63, 3.8) is 0 Å². The Morgan fingerprint density at radius 2 is 1.69 bits per heavy atom. The molecule has 0 saturated heterocycles. The SMILES string of the molecule is COc1ccc(-c2oc3c(C)cc(C)cc3c(=O)c2OCc2ccccc2F)cc1OC. The summed E-state index contributed by atoms with van der Waals surface area (Å²) in [6, 6.07) is 15.2. The molecule has 164 valence electrons. The van der Waals surface area contributed by atoms with Crippen LogP contribution in [0.5, 0.6) is 17.2 Å². The Balaban J connectivity index is 1.93. The zero-order valence-electron chi connectivity index (χ0n) is 18.3. The lowest BCUT2D eigenvalue weighted by Crippen LogP contribution is -2.11. The van der Waals surface area contributed by atoms with E-state index in [1.165, 1.54) is 13.2 Å². The van der Waals surface area contributed by atoms with Crippen LogP contribution < -0.4 is 19.6 Å². The summed E-state index contributed by atoms with van der Waals surface area (Å²) in [6.07, 6.45) is 0. The molecule has 1 aromatic heterocycles. The molecule has 0 fully saturated rings. The Morgan fingerprint density at radius 3 is 2.41 bits per heavy atom. The van der Waals surface area contributed by atoms with Crippen LogP contribution in [0.3, 0.4) is 0 Å². The average molecular weight is 434 g/mol. The van der Waals surface area contributed by atoms with Crippen LogP contribution in [0.25, 0.3) is 22.3 Å². The van der Waals surface area contributed by atoms with E-state index in [9.17, 15) is 9.18 Å². The predicted octanol–water partition coefficient (Wildman–Crippen LogP) is 5.81. The van der Waals surface area contributed by atoms with E-state index in [-0.39, 0.29) is 23.5 Å². The van der Waals surface area contributed by atoms with Crippen LogP contribution in [0.4, 0.5) is 4.39 Å². The standard InChI is InChI=1S/C26H23FO5/c1-15-11-16(2)24-19(12-15)23(28)26(31-14-18-7-5-6-8-20(18)27)25(32-24)17-9-10-21(29-3)22(13-17)30-4/h5-13H,14H2,1-4H3. The van der Waals surface area contributed by atoms with Crippen LogP contribution in [-0.4, -0.2) is 14.2 Å². The van der Waals surface area contributed by atoms with E-state index in [4.69, 9.17) is 18.6 Å². The van der Waals surface area contributed by atoms with Crippen molar-refractivity contribution in [3.8, 4) is 28.6 Å². The Bertz CT molecular complexity index is 1360. The highest BCUT2D eigenvalue weighted by atomic mass is 19.1. The van der Waals surface area contributed by atoms with Crippen molar-refractivity contribution >= 4 is 11.0 Å². The van der Waals surface area contributed by atoms with E-state index < -0.39 is 5.82 Å². The van der Waals surface area contributed by atoms with Gasteiger partial charge in [0.05, 0.1) is 19.6 Å². The molecule has 0 amide bonds. The van der Waals surface area contributed by atoms with Gasteiger partial charge in [-0.15, -0.1) is 0 Å². The van der Waals surface area contributed by atoms with Gasteiger partial charge in [-0.05, 0) is 55.3 Å². The predicted molar refractivity (Wildman–Crippen MR) is 121 cm³/mol. The molecule has 0 spiro atoms. The summed E-state index contributed by atoms with van der Waals surface area (Å²) in [7, 11) is 3.07. The smallest absolute Gasteiger partial charge is 0.235 e. The highest BCUT2D eigenvalue weighted by Gasteiger charge is 2.21. The molecule has 0 aliphatic rings. The average Bonchev–Trinajstić information content (AvgIpc) is 2.79. The molecule has 4 rings (SSSR count). The van der Waals surface area contributed by atoms with Gasteiger partial charge in [0.25, 0.3) is 0 Å². The number of fused-ring (bicyclic) bond motifs is 1. The fraction of sp³-hybridized carbons (Fsp3) is 0.192. The molecule has 0 atom stereocenters. The highest BCUT2D eigenvalue weighted by molar-refractivity contribution is 5.85. The summed E-state index contributed by atoms with van der Waals surface area (Å²) < 4.78 is 37.0. The van der Waals surface area contributed by atoms with Crippen molar-refractivity contribution in [3.05, 3.63) is 87.3 Å². The van der Waals surface area contributed by atoms with Gasteiger partial charge in [-0.2, -0.15) is 0 Å². The Kier molecular flexibility index (Phi) is 5.86. The molecule has 0 N–H and O–H groups in total. The van der Waals surface area contributed by atoms with E-state index in [0.717, 1.165) is 11.1 Å². The molecular formula is C26H23FO5. The molecule has 6 heteroatoms. The topological polar surface area (TPSA) is 57.9 Å². The zero-order valence-corrected chi connectivity index (χ0v) is 18.3. The number of aryl methyl sites for hydroxylation is 2. The van der Waals surface area contributed by atoms with Gasteiger partial charge in [-0.1, -0.05) is 24.3 Å². The molecule has 0 unspecified atom stereocenters. The van der Waals surface area contributed by atoms with Gasteiger partial charge >= 0.3 is 0 Å². The van der Waals surface area contributed by atoms with Gasteiger partial charge in [-0.25, -0.2) is 4.39 Å². The minimum atomic E-state index is -0.406. The van der Waals surface area contributed by atoms with Crippen molar-refractivity contribution < 1.29 is 23.0 Å². The molecule has 3 aromatic carbocycles. The van der Waals surface area contributed by atoms with Gasteiger partial charge in [0.1, 0.15) is 18.0 Å². The van der Waals surface area contributed by atoms with E-state index in [1.807, 2.05) is 19.9 Å². The zero-order chi connectivity index (χ0) is 22.8. The fourth-order valence-electron chi connectivity index (χ4n) is 3.70. The number of benzene rings is 3. The number of hydrogen-bond donors (Lipinski definition) is 0. The second-order valence-corrected chi connectivity index (χ2v) is 7.50. The Labute approximate surface area is 185 Å². The van der Waals surface area contributed by atoms with Crippen molar-refractivity contribution in [2.75, 3.05) is 14.2 Å². The van der Waals surface area contributed by atoms with Gasteiger partial charge in [0, 0.05) is 11.1 Å². The first-order valence-electron chi connectivity index (χ1n) is 10.1. The minimum Gasteiger partial charge on any atom is -0.493 e. The number of ether oxygens (including phenoxy) is 3. The molecule has 5 nitrogen and oxygen atoms in total. The third kappa shape index (κ3) is 3.91. The maximum atomic E-state index is 14.1. The molecular weight excluding hydrogens is 411 g/mol. The number of rotatable bonds is 6. The first kappa shape index (κ1) is 21.4. The summed E-state index contributed by atoms with van der Waals surface area (Å²) in [5, 5.41) is 0.412. The molecule has 0 aliphatic heterocycles. The number of hydrogen-bond acceptors (Lipinski definition) is 5. The number of methoxy groups -OCH3 is 2. The first-order valence-corrected chi connectivity index (χ1v) is 10.1. The van der Waals surface area contributed by atoms with Crippen LogP contribution in [0.2, 0.25) is 0 Å². The van der Waals surface area contributed by atoms with Crippen LogP contribution >= 0.6 is 0 Å². The van der Waals surface area contributed by atoms with Gasteiger partial charge < -0.3 is 18.6 Å². The van der Waals surface area contributed by atoms with E-state index in [0.29, 0.717) is 33.6 Å². The largest absolute Gasteiger partial charge is 0.493 e. The molecule has 32 heavy (non-hydrogen) atoms. The highest BCUT2D eigenvalue weighted by Crippen LogP contribution is 2.37. The van der Waals surface area contributed by atoms with Crippen molar-refractivity contribution in [1.29, 1.82) is 0 Å². The molecule has 4 aromatic rings. The normalized spacial score (nSPS) is 10.9.